The van der Waals surface area contributed by atoms with Crippen molar-refractivity contribution in [3.63, 3.8) is 0 Å². The maximum absolute atomic E-state index is 12.7. The van der Waals surface area contributed by atoms with Crippen molar-refractivity contribution < 1.29 is 19.1 Å². The lowest BCUT2D eigenvalue weighted by atomic mass is 10.2. The van der Waals surface area contributed by atoms with Crippen molar-refractivity contribution >= 4 is 17.5 Å². The molecule has 2 heterocycles. The van der Waals surface area contributed by atoms with Gasteiger partial charge in [0.15, 0.2) is 0 Å². The van der Waals surface area contributed by atoms with Crippen LogP contribution in [0, 0.1) is 0 Å². The standard InChI is InChI=1S/C19H22N6O4/c1-24-11-12(9-21-24)8-20-19(27)17-16(10-22-25(17)2)23-18(26)13-5-14(28-3)7-15(6-13)29-4/h5-7,9-11H,8H2,1-4H3,(H,20,27)(H,23,26). The zero-order valence-electron chi connectivity index (χ0n) is 16.6. The number of anilines is 1. The first kappa shape index (κ1) is 19.9. The summed E-state index contributed by atoms with van der Waals surface area (Å²) in [7, 11) is 6.43. The van der Waals surface area contributed by atoms with Crippen molar-refractivity contribution in [2.45, 2.75) is 6.54 Å². The molecule has 2 amide bonds. The Labute approximate surface area is 167 Å². The van der Waals surface area contributed by atoms with E-state index in [4.69, 9.17) is 9.47 Å². The van der Waals surface area contributed by atoms with Crippen LogP contribution in [0.5, 0.6) is 11.5 Å². The average Bonchev–Trinajstić information content (AvgIpc) is 3.30. The number of amides is 2. The van der Waals surface area contributed by atoms with E-state index in [1.54, 1.807) is 43.2 Å². The van der Waals surface area contributed by atoms with Gasteiger partial charge in [0.1, 0.15) is 17.2 Å². The lowest BCUT2D eigenvalue weighted by Crippen LogP contribution is -2.26. The van der Waals surface area contributed by atoms with Crippen molar-refractivity contribution in [3.05, 3.63) is 53.6 Å². The molecule has 0 spiro atoms. The third-order valence-corrected chi connectivity index (χ3v) is 4.23. The lowest BCUT2D eigenvalue weighted by molar-refractivity contribution is 0.0942. The van der Waals surface area contributed by atoms with Crippen LogP contribution < -0.4 is 20.1 Å². The Hall–Kier alpha value is -3.82. The molecular weight excluding hydrogens is 376 g/mol. The molecule has 0 saturated carbocycles. The van der Waals surface area contributed by atoms with E-state index in [9.17, 15) is 9.59 Å². The van der Waals surface area contributed by atoms with Gasteiger partial charge in [0.25, 0.3) is 11.8 Å². The van der Waals surface area contributed by atoms with Gasteiger partial charge in [0.05, 0.1) is 32.3 Å². The fraction of sp³-hybridized carbons (Fsp3) is 0.263. The van der Waals surface area contributed by atoms with Gasteiger partial charge in [0, 0.05) is 44.0 Å². The molecule has 2 N–H and O–H groups in total. The molecule has 0 radical (unpaired) electrons. The highest BCUT2D eigenvalue weighted by Gasteiger charge is 2.20. The molecular formula is C19H22N6O4. The number of benzene rings is 1. The second kappa shape index (κ2) is 8.46. The van der Waals surface area contributed by atoms with Crippen molar-refractivity contribution in [1.29, 1.82) is 0 Å². The molecule has 0 aliphatic rings. The molecule has 10 heteroatoms. The molecule has 0 aliphatic heterocycles. The third-order valence-electron chi connectivity index (χ3n) is 4.23. The van der Waals surface area contributed by atoms with Crippen LogP contribution in [-0.2, 0) is 20.6 Å². The second-order valence-electron chi connectivity index (χ2n) is 6.29. The number of methoxy groups -OCH3 is 2. The smallest absolute Gasteiger partial charge is 0.271 e. The van der Waals surface area contributed by atoms with E-state index in [0.717, 1.165) is 5.56 Å². The van der Waals surface area contributed by atoms with E-state index in [1.165, 1.54) is 25.1 Å². The Balaban J connectivity index is 1.76. The molecule has 1 aromatic carbocycles. The molecule has 0 saturated heterocycles. The monoisotopic (exact) mass is 398 g/mol. The van der Waals surface area contributed by atoms with E-state index in [-0.39, 0.29) is 11.6 Å². The predicted octanol–water partition coefficient (Wildman–Crippen LogP) is 1.35. The van der Waals surface area contributed by atoms with Gasteiger partial charge in [-0.15, -0.1) is 0 Å². The molecule has 3 rings (SSSR count). The number of nitrogens with zero attached hydrogens (tertiary/aromatic N) is 4. The van der Waals surface area contributed by atoms with Crippen LogP contribution in [0.4, 0.5) is 5.69 Å². The molecule has 10 nitrogen and oxygen atoms in total. The maximum atomic E-state index is 12.7. The number of nitrogens with one attached hydrogen (secondary N) is 2. The number of rotatable bonds is 7. The summed E-state index contributed by atoms with van der Waals surface area (Å²) in [5, 5.41) is 13.7. The molecule has 0 fully saturated rings. The summed E-state index contributed by atoms with van der Waals surface area (Å²) in [6.45, 7) is 0.304. The fourth-order valence-corrected chi connectivity index (χ4v) is 2.76. The quantitative estimate of drug-likeness (QED) is 0.621. The number of carbonyl (C=O) groups excluding carboxylic acids is 2. The highest BCUT2D eigenvalue weighted by Crippen LogP contribution is 2.24. The lowest BCUT2D eigenvalue weighted by Gasteiger charge is -2.10. The molecule has 0 unspecified atom stereocenters. The minimum Gasteiger partial charge on any atom is -0.497 e. The molecule has 0 bridgehead atoms. The summed E-state index contributed by atoms with van der Waals surface area (Å²) >= 11 is 0. The zero-order valence-corrected chi connectivity index (χ0v) is 16.6. The minimum absolute atomic E-state index is 0.233. The molecule has 0 atom stereocenters. The number of carbonyl (C=O) groups is 2. The first-order valence-electron chi connectivity index (χ1n) is 8.73. The van der Waals surface area contributed by atoms with Crippen LogP contribution in [0.1, 0.15) is 26.4 Å². The Morgan fingerprint density at radius 1 is 1.00 bits per heavy atom. The summed E-state index contributed by atoms with van der Waals surface area (Å²) in [4.78, 5) is 25.4. The van der Waals surface area contributed by atoms with E-state index in [2.05, 4.69) is 20.8 Å². The van der Waals surface area contributed by atoms with Crippen molar-refractivity contribution in [2.75, 3.05) is 19.5 Å². The summed E-state index contributed by atoms with van der Waals surface area (Å²) in [5.41, 5.74) is 1.71. The third kappa shape index (κ3) is 4.54. The van der Waals surface area contributed by atoms with Crippen molar-refractivity contribution in [3.8, 4) is 11.5 Å². The van der Waals surface area contributed by atoms with E-state index in [0.29, 0.717) is 29.3 Å². The first-order chi connectivity index (χ1) is 13.9. The van der Waals surface area contributed by atoms with Gasteiger partial charge < -0.3 is 20.1 Å². The summed E-state index contributed by atoms with van der Waals surface area (Å²) in [6.07, 6.45) is 4.90. The topological polar surface area (TPSA) is 112 Å². The highest BCUT2D eigenvalue weighted by molar-refractivity contribution is 6.08. The molecule has 3 aromatic rings. The van der Waals surface area contributed by atoms with Gasteiger partial charge in [-0.1, -0.05) is 0 Å². The molecule has 29 heavy (non-hydrogen) atoms. The Morgan fingerprint density at radius 2 is 1.69 bits per heavy atom. The molecule has 2 aromatic heterocycles. The Bertz CT molecular complexity index is 1020. The van der Waals surface area contributed by atoms with E-state index < -0.39 is 5.91 Å². The number of hydrogen-bond donors (Lipinski definition) is 2. The Morgan fingerprint density at radius 3 is 2.28 bits per heavy atom. The molecule has 152 valence electrons. The van der Waals surface area contributed by atoms with Gasteiger partial charge in [-0.05, 0) is 12.1 Å². The van der Waals surface area contributed by atoms with Gasteiger partial charge in [-0.25, -0.2) is 0 Å². The minimum atomic E-state index is -0.420. The van der Waals surface area contributed by atoms with E-state index >= 15 is 0 Å². The largest absolute Gasteiger partial charge is 0.497 e. The van der Waals surface area contributed by atoms with Crippen LogP contribution in [0.3, 0.4) is 0 Å². The average molecular weight is 398 g/mol. The Kier molecular flexibility index (Phi) is 5.82. The highest BCUT2D eigenvalue weighted by atomic mass is 16.5. The van der Waals surface area contributed by atoms with Crippen molar-refractivity contribution in [1.82, 2.24) is 24.9 Å². The number of ether oxygens (including phenoxy) is 2. The second-order valence-corrected chi connectivity index (χ2v) is 6.29. The van der Waals surface area contributed by atoms with Crippen LogP contribution in [0.2, 0.25) is 0 Å². The van der Waals surface area contributed by atoms with Crippen molar-refractivity contribution in [2.24, 2.45) is 14.1 Å². The number of aromatic nitrogens is 4. The summed E-state index contributed by atoms with van der Waals surface area (Å²) in [6, 6.07) is 4.82. The van der Waals surface area contributed by atoms with Gasteiger partial charge in [0.2, 0.25) is 0 Å². The van der Waals surface area contributed by atoms with Gasteiger partial charge >= 0.3 is 0 Å². The van der Waals surface area contributed by atoms with E-state index in [1.807, 2.05) is 6.20 Å². The maximum Gasteiger partial charge on any atom is 0.271 e. The normalized spacial score (nSPS) is 10.5. The fourth-order valence-electron chi connectivity index (χ4n) is 2.76. The van der Waals surface area contributed by atoms with Gasteiger partial charge in [-0.3, -0.25) is 19.0 Å². The van der Waals surface area contributed by atoms with Crippen LogP contribution in [0.25, 0.3) is 0 Å². The summed E-state index contributed by atoms with van der Waals surface area (Å²) < 4.78 is 13.4. The van der Waals surface area contributed by atoms with Crippen LogP contribution in [-0.4, -0.2) is 45.6 Å². The first-order valence-corrected chi connectivity index (χ1v) is 8.73. The molecule has 0 aliphatic carbocycles. The summed E-state index contributed by atoms with van der Waals surface area (Å²) in [5.74, 6) is 0.175. The zero-order chi connectivity index (χ0) is 21.0. The van der Waals surface area contributed by atoms with Crippen LogP contribution >= 0.6 is 0 Å². The van der Waals surface area contributed by atoms with Gasteiger partial charge in [-0.2, -0.15) is 10.2 Å². The SMILES string of the molecule is COc1cc(OC)cc(C(=O)Nc2cnn(C)c2C(=O)NCc2cnn(C)c2)c1. The number of hydrogen-bond acceptors (Lipinski definition) is 6. The number of aryl methyl sites for hydroxylation is 2. The predicted molar refractivity (Wildman–Crippen MR) is 105 cm³/mol. The van der Waals surface area contributed by atoms with Crippen LogP contribution in [0.15, 0.2) is 36.8 Å².